The molecule has 0 fully saturated rings. The van der Waals surface area contributed by atoms with Crippen molar-refractivity contribution in [3.05, 3.63) is 83.8 Å². The van der Waals surface area contributed by atoms with Crippen molar-refractivity contribution in [2.45, 2.75) is 0 Å². The zero-order valence-electron chi connectivity index (χ0n) is 10.8. The Hall–Kier alpha value is -2.90. The van der Waals surface area contributed by atoms with Crippen LogP contribution in [-0.2, 0) is 0 Å². The smallest absolute Gasteiger partial charge is 0.326 e. The largest absolute Gasteiger partial charge is 0.361 e. The van der Waals surface area contributed by atoms with Gasteiger partial charge in [-0.3, -0.25) is 0 Å². The Morgan fingerprint density at radius 3 is 1.95 bits per heavy atom. The van der Waals surface area contributed by atoms with Crippen molar-refractivity contribution in [2.75, 3.05) is 0 Å². The summed E-state index contributed by atoms with van der Waals surface area (Å²) in [4.78, 5) is 6.67. The summed E-state index contributed by atoms with van der Waals surface area (Å²) in [6.07, 6.45) is 1.78. The summed E-state index contributed by atoms with van der Waals surface area (Å²) >= 11 is 0. The third kappa shape index (κ3) is 2.18. The first-order valence-corrected chi connectivity index (χ1v) is 6.41. The van der Waals surface area contributed by atoms with Crippen molar-refractivity contribution in [3.63, 3.8) is 0 Å². The summed E-state index contributed by atoms with van der Waals surface area (Å²) in [5.41, 5.74) is 13.2. The maximum Gasteiger partial charge on any atom is 0.326 e. The van der Waals surface area contributed by atoms with Crippen LogP contribution in [0.3, 0.4) is 0 Å². The van der Waals surface area contributed by atoms with E-state index in [-0.39, 0.29) is 0 Å². The number of benzene rings is 2. The first-order chi connectivity index (χ1) is 9.90. The number of pyridine rings is 1. The molecule has 3 aromatic rings. The molecule has 3 nitrogen and oxygen atoms in total. The van der Waals surface area contributed by atoms with E-state index in [0.717, 1.165) is 22.4 Å². The monoisotopic (exact) mass is 259 g/mol. The highest BCUT2D eigenvalue weighted by Gasteiger charge is 2.13. The molecule has 3 heteroatoms. The van der Waals surface area contributed by atoms with Gasteiger partial charge in [0.1, 0.15) is 0 Å². The molecule has 2 aromatic carbocycles. The van der Waals surface area contributed by atoms with Gasteiger partial charge in [0, 0.05) is 12.3 Å². The number of hydrogen-bond donors (Lipinski definition) is 1. The van der Waals surface area contributed by atoms with E-state index < -0.39 is 0 Å². The minimum atomic E-state index is 0.550. The van der Waals surface area contributed by atoms with Crippen LogP contribution < -0.4 is 5.36 Å². The molecule has 0 radical (unpaired) electrons. The molecule has 0 aliphatic carbocycles. The van der Waals surface area contributed by atoms with Crippen molar-refractivity contribution in [1.29, 1.82) is 0 Å². The minimum absolute atomic E-state index is 0.550. The number of aromatic amines is 1. The standard InChI is InChI=1S/C17H13N3/c18-20-15-11-12-19-17(14-9-5-2-6-10-14)16(15)13-7-3-1-4-8-13/h1-12,19H. The predicted molar refractivity (Wildman–Crippen MR) is 78.4 cm³/mol. The molecule has 0 bridgehead atoms. The van der Waals surface area contributed by atoms with E-state index >= 15 is 0 Å². The van der Waals surface area contributed by atoms with Crippen molar-refractivity contribution in [2.24, 2.45) is 0 Å². The van der Waals surface area contributed by atoms with Crippen LogP contribution in [0.4, 0.5) is 0 Å². The van der Waals surface area contributed by atoms with Gasteiger partial charge in [0.15, 0.2) is 0 Å². The van der Waals surface area contributed by atoms with E-state index in [2.05, 4.69) is 9.77 Å². The Balaban J connectivity index is 2.35. The van der Waals surface area contributed by atoms with Crippen LogP contribution in [0.2, 0.25) is 0 Å². The summed E-state index contributed by atoms with van der Waals surface area (Å²) in [5, 5.41) is 0.550. The summed E-state index contributed by atoms with van der Waals surface area (Å²) in [6.45, 7) is 0. The second-order valence-corrected chi connectivity index (χ2v) is 4.44. The van der Waals surface area contributed by atoms with E-state index in [0.29, 0.717) is 5.36 Å². The number of hydrogen-bond acceptors (Lipinski definition) is 0. The summed E-state index contributed by atoms with van der Waals surface area (Å²) in [7, 11) is 0. The van der Waals surface area contributed by atoms with E-state index in [1.807, 2.05) is 60.7 Å². The molecule has 0 saturated carbocycles. The second kappa shape index (κ2) is 5.39. The first kappa shape index (κ1) is 12.2. The normalized spacial score (nSPS) is 10.0. The van der Waals surface area contributed by atoms with Crippen LogP contribution >= 0.6 is 0 Å². The molecule has 0 amide bonds. The van der Waals surface area contributed by atoms with Crippen LogP contribution in [0, 0.1) is 0 Å². The molecule has 0 spiro atoms. The maximum absolute atomic E-state index is 9.26. The lowest BCUT2D eigenvalue weighted by molar-refractivity contribution is -0.0641. The third-order valence-electron chi connectivity index (χ3n) is 3.21. The lowest BCUT2D eigenvalue weighted by atomic mass is 9.99. The van der Waals surface area contributed by atoms with Gasteiger partial charge in [0.05, 0.1) is 11.3 Å². The maximum atomic E-state index is 9.26. The average molecular weight is 259 g/mol. The topological polar surface area (TPSA) is 52.2 Å². The van der Waals surface area contributed by atoms with Crippen LogP contribution in [0.15, 0.2) is 72.9 Å². The SMILES string of the molecule is [N-]=[N+]=c1cc[nH]c(-c2ccccc2)c1-c1ccccc1. The molecular weight excluding hydrogens is 246 g/mol. The van der Waals surface area contributed by atoms with Gasteiger partial charge in [0.2, 0.25) is 0 Å². The molecule has 1 N–H and O–H groups in total. The average Bonchev–Trinajstić information content (AvgIpc) is 2.55. The molecular formula is C17H13N3. The Labute approximate surface area is 116 Å². The van der Waals surface area contributed by atoms with Crippen molar-refractivity contribution in [1.82, 2.24) is 4.98 Å². The molecule has 0 aliphatic heterocycles. The van der Waals surface area contributed by atoms with E-state index in [4.69, 9.17) is 0 Å². The fourth-order valence-corrected chi connectivity index (χ4v) is 2.30. The van der Waals surface area contributed by atoms with Gasteiger partial charge in [-0.2, -0.15) is 4.79 Å². The molecule has 20 heavy (non-hydrogen) atoms. The summed E-state index contributed by atoms with van der Waals surface area (Å²) < 4.78 is 0. The van der Waals surface area contributed by atoms with Gasteiger partial charge in [-0.25, -0.2) is 0 Å². The highest BCUT2D eigenvalue weighted by Crippen LogP contribution is 2.26. The lowest BCUT2D eigenvalue weighted by Gasteiger charge is -2.07. The highest BCUT2D eigenvalue weighted by molar-refractivity contribution is 5.79. The van der Waals surface area contributed by atoms with Crippen molar-refractivity contribution >= 4 is 0 Å². The van der Waals surface area contributed by atoms with E-state index in [9.17, 15) is 5.53 Å². The van der Waals surface area contributed by atoms with Crippen LogP contribution in [-0.4, -0.2) is 9.77 Å². The predicted octanol–water partition coefficient (Wildman–Crippen LogP) is 3.48. The fourth-order valence-electron chi connectivity index (χ4n) is 2.30. The quantitative estimate of drug-likeness (QED) is 0.541. The zero-order valence-corrected chi connectivity index (χ0v) is 10.8. The molecule has 1 aromatic heterocycles. The van der Waals surface area contributed by atoms with Crippen molar-refractivity contribution in [3.8, 4) is 22.4 Å². The Morgan fingerprint density at radius 1 is 0.750 bits per heavy atom. The summed E-state index contributed by atoms with van der Waals surface area (Å²) in [5.74, 6) is 0. The molecule has 96 valence electrons. The zero-order chi connectivity index (χ0) is 13.8. The fraction of sp³-hybridized carbons (Fsp3) is 0. The van der Waals surface area contributed by atoms with Crippen LogP contribution in [0.5, 0.6) is 0 Å². The highest BCUT2D eigenvalue weighted by atomic mass is 14.8. The third-order valence-corrected chi connectivity index (χ3v) is 3.21. The van der Waals surface area contributed by atoms with Gasteiger partial charge in [-0.15, -0.1) is 0 Å². The van der Waals surface area contributed by atoms with Gasteiger partial charge in [-0.05, 0) is 11.1 Å². The lowest BCUT2D eigenvalue weighted by Crippen LogP contribution is -2.09. The van der Waals surface area contributed by atoms with Crippen LogP contribution in [0.1, 0.15) is 0 Å². The number of H-pyrrole nitrogens is 1. The number of nitrogens with one attached hydrogen (secondary N) is 1. The first-order valence-electron chi connectivity index (χ1n) is 6.41. The van der Waals surface area contributed by atoms with Gasteiger partial charge in [-0.1, -0.05) is 60.7 Å². The Kier molecular flexibility index (Phi) is 3.27. The molecule has 0 unspecified atom stereocenters. The summed E-state index contributed by atoms with van der Waals surface area (Å²) in [6, 6.07) is 21.7. The molecule has 0 aliphatic rings. The van der Waals surface area contributed by atoms with Gasteiger partial charge < -0.3 is 10.5 Å². The second-order valence-electron chi connectivity index (χ2n) is 4.44. The molecule has 0 atom stereocenters. The number of aromatic nitrogens is 1. The minimum Gasteiger partial charge on any atom is -0.361 e. The van der Waals surface area contributed by atoms with Crippen molar-refractivity contribution < 1.29 is 4.79 Å². The van der Waals surface area contributed by atoms with E-state index in [1.54, 1.807) is 12.3 Å². The Bertz CT molecular complexity index is 798. The molecule has 1 heterocycles. The molecule has 0 saturated heterocycles. The van der Waals surface area contributed by atoms with Gasteiger partial charge >= 0.3 is 5.36 Å². The number of nitrogens with zero attached hydrogens (tertiary/aromatic N) is 2. The Morgan fingerprint density at radius 2 is 1.35 bits per heavy atom. The van der Waals surface area contributed by atoms with Crippen LogP contribution in [0.25, 0.3) is 27.9 Å². The number of rotatable bonds is 2. The van der Waals surface area contributed by atoms with Gasteiger partial charge in [0.25, 0.3) is 0 Å². The molecule has 3 rings (SSSR count). The van der Waals surface area contributed by atoms with E-state index in [1.165, 1.54) is 0 Å².